The Morgan fingerprint density at radius 2 is 2.06 bits per heavy atom. The molecule has 0 amide bonds. The maximum absolute atomic E-state index is 10.9. The third kappa shape index (κ3) is 1.85. The van der Waals surface area contributed by atoms with Gasteiger partial charge in [-0.3, -0.25) is 4.99 Å². The molecule has 1 aromatic carbocycles. The monoisotopic (exact) mass is 248 g/mol. The van der Waals surface area contributed by atoms with Gasteiger partial charge in [0.2, 0.25) is 0 Å². The van der Waals surface area contributed by atoms with Gasteiger partial charge in [0, 0.05) is 18.7 Å². The number of fused-ring (bicyclic) bond motifs is 1. The molecule has 2 heterocycles. The number of rotatable bonds is 1. The first-order valence-corrected chi connectivity index (χ1v) is 7.02. The van der Waals surface area contributed by atoms with Crippen LogP contribution in [0.15, 0.2) is 35.3 Å². The number of nitrogens with zero attached hydrogens (tertiary/aromatic N) is 2. The van der Waals surface area contributed by atoms with Crippen LogP contribution in [0.25, 0.3) is 0 Å². The average Bonchev–Trinajstić information content (AvgIpc) is 2.57. The minimum Gasteiger partial charge on any atom is -0.366 e. The Hall–Kier alpha value is -1.00. The molecule has 1 aromatic rings. The zero-order valence-corrected chi connectivity index (χ0v) is 10.5. The highest BCUT2D eigenvalue weighted by Crippen LogP contribution is 2.39. The van der Waals surface area contributed by atoms with Crippen molar-refractivity contribution in [3.05, 3.63) is 35.9 Å². The van der Waals surface area contributed by atoms with E-state index in [0.29, 0.717) is 5.75 Å². The van der Waals surface area contributed by atoms with Gasteiger partial charge < -0.3 is 10.0 Å². The first kappa shape index (κ1) is 11.1. The largest absolute Gasteiger partial charge is 0.366 e. The van der Waals surface area contributed by atoms with Crippen molar-refractivity contribution in [3.63, 3.8) is 0 Å². The topological polar surface area (TPSA) is 35.8 Å². The van der Waals surface area contributed by atoms with Gasteiger partial charge in [0.05, 0.1) is 5.75 Å². The maximum atomic E-state index is 10.9. The van der Waals surface area contributed by atoms with Crippen molar-refractivity contribution in [2.45, 2.75) is 18.6 Å². The fourth-order valence-electron chi connectivity index (χ4n) is 2.39. The molecule has 3 nitrogen and oxygen atoms in total. The molecule has 0 unspecified atom stereocenters. The van der Waals surface area contributed by atoms with Gasteiger partial charge in [0.15, 0.2) is 10.9 Å². The molecule has 0 aliphatic carbocycles. The molecule has 0 radical (unpaired) electrons. The van der Waals surface area contributed by atoms with Crippen LogP contribution >= 0.6 is 11.8 Å². The highest BCUT2D eigenvalue weighted by Gasteiger charge is 2.44. The molecule has 0 bridgehead atoms. The van der Waals surface area contributed by atoms with Crippen molar-refractivity contribution in [2.24, 2.45) is 4.99 Å². The Morgan fingerprint density at radius 1 is 1.24 bits per heavy atom. The van der Waals surface area contributed by atoms with Gasteiger partial charge in [0.1, 0.15) is 0 Å². The number of aliphatic imine (C=N–C) groups is 1. The highest BCUT2D eigenvalue weighted by atomic mass is 32.2. The Balaban J connectivity index is 1.98. The Labute approximate surface area is 106 Å². The molecule has 1 N–H and O–H groups in total. The van der Waals surface area contributed by atoms with Gasteiger partial charge >= 0.3 is 0 Å². The van der Waals surface area contributed by atoms with Crippen molar-refractivity contribution < 1.29 is 5.11 Å². The minimum atomic E-state index is -0.866. The van der Waals surface area contributed by atoms with Gasteiger partial charge in [-0.15, -0.1) is 0 Å². The SMILES string of the molecule is O[C@@]1(c2ccccc2)CSC2=NCCCCN21. The zero-order chi connectivity index (χ0) is 11.7. The summed E-state index contributed by atoms with van der Waals surface area (Å²) < 4.78 is 0. The number of aliphatic hydroxyl groups is 1. The van der Waals surface area contributed by atoms with E-state index >= 15 is 0 Å². The predicted octanol–water partition coefficient (Wildman–Crippen LogP) is 2.03. The predicted molar refractivity (Wildman–Crippen MR) is 71.0 cm³/mol. The maximum Gasteiger partial charge on any atom is 0.175 e. The van der Waals surface area contributed by atoms with Gasteiger partial charge in [-0.25, -0.2) is 0 Å². The van der Waals surface area contributed by atoms with E-state index < -0.39 is 5.72 Å². The second kappa shape index (κ2) is 4.35. The summed E-state index contributed by atoms with van der Waals surface area (Å²) >= 11 is 1.67. The van der Waals surface area contributed by atoms with Crippen molar-refractivity contribution >= 4 is 16.9 Å². The molecular weight excluding hydrogens is 232 g/mol. The van der Waals surface area contributed by atoms with E-state index in [0.717, 1.165) is 36.7 Å². The normalized spacial score (nSPS) is 28.5. The first-order chi connectivity index (χ1) is 8.31. The second-order valence-electron chi connectivity index (χ2n) is 4.49. The molecule has 2 aliphatic rings. The van der Waals surface area contributed by atoms with E-state index in [-0.39, 0.29) is 0 Å². The summed E-state index contributed by atoms with van der Waals surface area (Å²) in [6.45, 7) is 1.79. The summed E-state index contributed by atoms with van der Waals surface area (Å²) in [6.07, 6.45) is 2.22. The van der Waals surface area contributed by atoms with E-state index in [2.05, 4.69) is 9.89 Å². The third-order valence-corrected chi connectivity index (χ3v) is 4.51. The van der Waals surface area contributed by atoms with Crippen LogP contribution in [-0.4, -0.2) is 34.0 Å². The Morgan fingerprint density at radius 3 is 2.88 bits per heavy atom. The molecule has 0 saturated carbocycles. The molecule has 0 spiro atoms. The lowest BCUT2D eigenvalue weighted by molar-refractivity contribution is -0.0474. The van der Waals surface area contributed by atoms with Crippen molar-refractivity contribution in [1.82, 2.24) is 4.90 Å². The fourth-order valence-corrected chi connectivity index (χ4v) is 3.63. The smallest absolute Gasteiger partial charge is 0.175 e. The molecular formula is C13H16N2OS. The lowest BCUT2D eigenvalue weighted by Crippen LogP contribution is -2.45. The van der Waals surface area contributed by atoms with Crippen LogP contribution in [0.1, 0.15) is 18.4 Å². The van der Waals surface area contributed by atoms with E-state index in [9.17, 15) is 5.11 Å². The first-order valence-electron chi connectivity index (χ1n) is 6.03. The summed E-state index contributed by atoms with van der Waals surface area (Å²) in [7, 11) is 0. The van der Waals surface area contributed by atoms with Crippen LogP contribution < -0.4 is 0 Å². The molecule has 1 saturated heterocycles. The van der Waals surface area contributed by atoms with E-state index in [4.69, 9.17) is 0 Å². The van der Waals surface area contributed by atoms with Crippen LogP contribution in [0.4, 0.5) is 0 Å². The molecule has 1 atom stereocenters. The standard InChI is InChI=1S/C13H16N2OS/c16-13(11-6-2-1-3-7-11)10-17-12-14-8-4-5-9-15(12)13/h1-3,6-7,16H,4-5,8-10H2/t13-/m1/s1. The average molecular weight is 248 g/mol. The van der Waals surface area contributed by atoms with Crippen molar-refractivity contribution in [2.75, 3.05) is 18.8 Å². The summed E-state index contributed by atoms with van der Waals surface area (Å²) in [5.41, 5.74) is 0.106. The number of benzene rings is 1. The molecule has 3 rings (SSSR count). The zero-order valence-electron chi connectivity index (χ0n) is 9.67. The van der Waals surface area contributed by atoms with Crippen LogP contribution in [0.2, 0.25) is 0 Å². The number of thioether (sulfide) groups is 1. The molecule has 1 fully saturated rings. The summed E-state index contributed by atoms with van der Waals surface area (Å²) in [5.74, 6) is 0.676. The van der Waals surface area contributed by atoms with Gasteiger partial charge in [-0.05, 0) is 12.8 Å². The summed E-state index contributed by atoms with van der Waals surface area (Å²) in [6, 6.07) is 9.92. The molecule has 4 heteroatoms. The summed E-state index contributed by atoms with van der Waals surface area (Å²) in [4.78, 5) is 6.62. The third-order valence-electron chi connectivity index (χ3n) is 3.35. The number of hydrogen-bond donors (Lipinski definition) is 1. The Bertz CT molecular complexity index is 434. The molecule has 2 aliphatic heterocycles. The van der Waals surface area contributed by atoms with E-state index in [1.165, 1.54) is 0 Å². The van der Waals surface area contributed by atoms with E-state index in [1.54, 1.807) is 11.8 Å². The molecule has 90 valence electrons. The lowest BCUT2D eigenvalue weighted by atomic mass is 10.0. The van der Waals surface area contributed by atoms with Crippen LogP contribution in [0.5, 0.6) is 0 Å². The van der Waals surface area contributed by atoms with Crippen LogP contribution in [-0.2, 0) is 5.72 Å². The molecule has 0 aromatic heterocycles. The van der Waals surface area contributed by atoms with Crippen molar-refractivity contribution in [3.8, 4) is 0 Å². The molecule has 17 heavy (non-hydrogen) atoms. The number of amidine groups is 1. The number of hydrogen-bond acceptors (Lipinski definition) is 4. The fraction of sp³-hybridized carbons (Fsp3) is 0.462. The Kier molecular flexibility index (Phi) is 2.84. The van der Waals surface area contributed by atoms with E-state index in [1.807, 2.05) is 30.3 Å². The van der Waals surface area contributed by atoms with Crippen molar-refractivity contribution in [1.29, 1.82) is 0 Å². The van der Waals surface area contributed by atoms with Crippen LogP contribution in [0, 0.1) is 0 Å². The van der Waals surface area contributed by atoms with Gasteiger partial charge in [-0.2, -0.15) is 0 Å². The lowest BCUT2D eigenvalue weighted by Gasteiger charge is -2.34. The van der Waals surface area contributed by atoms with Gasteiger partial charge in [0.25, 0.3) is 0 Å². The second-order valence-corrected chi connectivity index (χ2v) is 5.44. The van der Waals surface area contributed by atoms with Crippen LogP contribution in [0.3, 0.4) is 0 Å². The van der Waals surface area contributed by atoms with Gasteiger partial charge in [-0.1, -0.05) is 42.1 Å². The minimum absolute atomic E-state index is 0.676. The quantitative estimate of drug-likeness (QED) is 0.826. The highest BCUT2D eigenvalue weighted by molar-refractivity contribution is 8.14. The summed E-state index contributed by atoms with van der Waals surface area (Å²) in [5, 5.41) is 11.9.